The normalized spacial score (nSPS) is 14.9. The minimum atomic E-state index is 0.429. The summed E-state index contributed by atoms with van der Waals surface area (Å²) in [7, 11) is 0. The van der Waals surface area contributed by atoms with Crippen LogP contribution in [0, 0.1) is 6.92 Å². The number of hydrogen-bond acceptors (Lipinski definition) is 3. The molecule has 0 saturated carbocycles. The van der Waals surface area contributed by atoms with Gasteiger partial charge in [-0.3, -0.25) is 0 Å². The van der Waals surface area contributed by atoms with Crippen molar-refractivity contribution < 1.29 is 0 Å². The molecule has 0 radical (unpaired) electrons. The van der Waals surface area contributed by atoms with Crippen LogP contribution in [0.4, 0.5) is 0 Å². The summed E-state index contributed by atoms with van der Waals surface area (Å²) >= 11 is 0. The van der Waals surface area contributed by atoms with Gasteiger partial charge in [-0.25, -0.2) is 9.97 Å². The van der Waals surface area contributed by atoms with Crippen LogP contribution in [-0.2, 0) is 0 Å². The quantitative estimate of drug-likeness (QED) is 0.805. The topological polar surface area (TPSA) is 37.8 Å². The molecule has 3 nitrogen and oxygen atoms in total. The van der Waals surface area contributed by atoms with E-state index in [2.05, 4.69) is 42.1 Å². The van der Waals surface area contributed by atoms with Gasteiger partial charge in [-0.2, -0.15) is 0 Å². The summed E-state index contributed by atoms with van der Waals surface area (Å²) in [5, 5.41) is 3.49. The van der Waals surface area contributed by atoms with Crippen LogP contribution >= 0.6 is 0 Å². The maximum Gasteiger partial charge on any atom is 0.115 e. The van der Waals surface area contributed by atoms with Crippen molar-refractivity contribution in [3.8, 4) is 0 Å². The highest BCUT2D eigenvalue weighted by atomic mass is 14.9. The van der Waals surface area contributed by atoms with E-state index < -0.39 is 0 Å². The summed E-state index contributed by atoms with van der Waals surface area (Å²) in [5.74, 6) is 0.429. The first-order valence-electron chi connectivity index (χ1n) is 5.67. The van der Waals surface area contributed by atoms with Gasteiger partial charge in [0.05, 0.1) is 0 Å². The van der Waals surface area contributed by atoms with Gasteiger partial charge in [-0.05, 0) is 32.9 Å². The lowest BCUT2D eigenvalue weighted by molar-refractivity contribution is 0.474. The predicted octanol–water partition coefficient (Wildman–Crippen LogP) is 2.28. The van der Waals surface area contributed by atoms with Gasteiger partial charge in [0.2, 0.25) is 0 Å². The van der Waals surface area contributed by atoms with E-state index in [0.717, 1.165) is 17.9 Å². The molecule has 2 unspecified atom stereocenters. The molecule has 1 rings (SSSR count). The minimum Gasteiger partial charge on any atom is -0.314 e. The molecule has 1 N–H and O–H groups in total. The molecule has 15 heavy (non-hydrogen) atoms. The molecule has 1 aromatic heterocycles. The molecule has 0 aromatic carbocycles. The first kappa shape index (κ1) is 12.1. The van der Waals surface area contributed by atoms with Crippen molar-refractivity contribution in [2.24, 2.45) is 0 Å². The molecule has 2 atom stereocenters. The van der Waals surface area contributed by atoms with Crippen molar-refractivity contribution in [3.05, 3.63) is 23.8 Å². The Balaban J connectivity index is 2.62. The van der Waals surface area contributed by atoms with Crippen LogP contribution in [0.25, 0.3) is 0 Å². The smallest absolute Gasteiger partial charge is 0.115 e. The summed E-state index contributed by atoms with van der Waals surface area (Å²) in [6, 6.07) is 2.52. The molecule has 0 bridgehead atoms. The molecular formula is C12H21N3. The third-order valence-electron chi connectivity index (χ3n) is 2.76. The second-order valence-corrected chi connectivity index (χ2v) is 4.12. The fourth-order valence-electron chi connectivity index (χ4n) is 1.53. The number of hydrogen-bond donors (Lipinski definition) is 1. The first-order chi connectivity index (χ1) is 7.15. The number of aryl methyl sites for hydroxylation is 1. The number of aromatic nitrogens is 2. The Morgan fingerprint density at radius 3 is 2.67 bits per heavy atom. The maximum absolute atomic E-state index is 4.32. The van der Waals surface area contributed by atoms with E-state index in [-0.39, 0.29) is 0 Å². The molecule has 0 fully saturated rings. The third kappa shape index (κ3) is 3.59. The molecule has 1 heterocycles. The fraction of sp³-hybridized carbons (Fsp3) is 0.667. The van der Waals surface area contributed by atoms with Crippen LogP contribution in [-0.4, -0.2) is 22.6 Å². The standard InChI is InChI=1S/C12H21N3/c1-5-6-13-11(4)10(3)12-7-9(2)14-8-15-12/h7-8,10-11,13H,5-6H2,1-4H3. The molecule has 0 saturated heterocycles. The van der Waals surface area contributed by atoms with Crippen LogP contribution in [0.5, 0.6) is 0 Å². The molecule has 1 aromatic rings. The van der Waals surface area contributed by atoms with Gasteiger partial charge < -0.3 is 5.32 Å². The van der Waals surface area contributed by atoms with Crippen molar-refractivity contribution >= 4 is 0 Å². The summed E-state index contributed by atoms with van der Waals surface area (Å²) < 4.78 is 0. The molecule has 0 spiro atoms. The summed E-state index contributed by atoms with van der Waals surface area (Å²) in [6.07, 6.45) is 2.81. The molecular weight excluding hydrogens is 186 g/mol. The zero-order chi connectivity index (χ0) is 11.3. The Kier molecular flexibility index (Phi) is 4.69. The van der Waals surface area contributed by atoms with Crippen LogP contribution in [0.15, 0.2) is 12.4 Å². The Labute approximate surface area is 92.3 Å². The highest BCUT2D eigenvalue weighted by Crippen LogP contribution is 2.16. The van der Waals surface area contributed by atoms with Crippen molar-refractivity contribution in [1.82, 2.24) is 15.3 Å². The number of nitrogens with zero attached hydrogens (tertiary/aromatic N) is 2. The Morgan fingerprint density at radius 2 is 2.07 bits per heavy atom. The highest BCUT2D eigenvalue weighted by Gasteiger charge is 2.14. The van der Waals surface area contributed by atoms with E-state index in [1.54, 1.807) is 6.33 Å². The van der Waals surface area contributed by atoms with Gasteiger partial charge in [-0.1, -0.05) is 13.8 Å². The van der Waals surface area contributed by atoms with E-state index in [1.807, 2.05) is 6.92 Å². The van der Waals surface area contributed by atoms with Gasteiger partial charge >= 0.3 is 0 Å². The summed E-state index contributed by atoms with van der Waals surface area (Å²) in [5.41, 5.74) is 2.16. The fourth-order valence-corrected chi connectivity index (χ4v) is 1.53. The second-order valence-electron chi connectivity index (χ2n) is 4.12. The molecule has 0 aliphatic carbocycles. The Hall–Kier alpha value is -0.960. The van der Waals surface area contributed by atoms with E-state index in [4.69, 9.17) is 0 Å². The maximum atomic E-state index is 4.32. The summed E-state index contributed by atoms with van der Waals surface area (Å²) in [6.45, 7) is 9.66. The zero-order valence-electron chi connectivity index (χ0n) is 10.1. The van der Waals surface area contributed by atoms with Gasteiger partial charge in [0.25, 0.3) is 0 Å². The molecule has 0 aliphatic rings. The monoisotopic (exact) mass is 207 g/mol. The van der Waals surface area contributed by atoms with Crippen LogP contribution in [0.1, 0.15) is 44.5 Å². The summed E-state index contributed by atoms with van der Waals surface area (Å²) in [4.78, 5) is 8.43. The van der Waals surface area contributed by atoms with Crippen molar-refractivity contribution in [1.29, 1.82) is 0 Å². The van der Waals surface area contributed by atoms with Gasteiger partial charge in [0.1, 0.15) is 6.33 Å². The van der Waals surface area contributed by atoms with Crippen LogP contribution in [0.2, 0.25) is 0 Å². The molecule has 3 heteroatoms. The van der Waals surface area contributed by atoms with Crippen molar-refractivity contribution in [2.45, 2.75) is 46.1 Å². The Morgan fingerprint density at radius 1 is 1.33 bits per heavy atom. The van der Waals surface area contributed by atoms with Gasteiger partial charge in [0, 0.05) is 23.3 Å². The number of rotatable bonds is 5. The van der Waals surface area contributed by atoms with Gasteiger partial charge in [0.15, 0.2) is 0 Å². The van der Waals surface area contributed by atoms with E-state index in [0.29, 0.717) is 12.0 Å². The van der Waals surface area contributed by atoms with Crippen molar-refractivity contribution in [3.63, 3.8) is 0 Å². The van der Waals surface area contributed by atoms with Gasteiger partial charge in [-0.15, -0.1) is 0 Å². The lowest BCUT2D eigenvalue weighted by atomic mass is 9.99. The third-order valence-corrected chi connectivity index (χ3v) is 2.76. The zero-order valence-corrected chi connectivity index (χ0v) is 10.1. The largest absolute Gasteiger partial charge is 0.314 e. The average molecular weight is 207 g/mol. The highest BCUT2D eigenvalue weighted by molar-refractivity contribution is 5.12. The minimum absolute atomic E-state index is 0.429. The van der Waals surface area contributed by atoms with E-state index in [1.165, 1.54) is 6.42 Å². The lowest BCUT2D eigenvalue weighted by Crippen LogP contribution is -2.31. The van der Waals surface area contributed by atoms with Crippen LogP contribution < -0.4 is 5.32 Å². The number of nitrogens with one attached hydrogen (secondary N) is 1. The van der Waals surface area contributed by atoms with Crippen molar-refractivity contribution in [2.75, 3.05) is 6.54 Å². The van der Waals surface area contributed by atoms with E-state index in [9.17, 15) is 0 Å². The SMILES string of the molecule is CCCNC(C)C(C)c1cc(C)ncn1. The average Bonchev–Trinajstić information content (AvgIpc) is 2.24. The molecule has 84 valence electrons. The molecule has 0 amide bonds. The molecule has 0 aliphatic heterocycles. The predicted molar refractivity (Wildman–Crippen MR) is 62.9 cm³/mol. The Bertz CT molecular complexity index is 299. The first-order valence-corrected chi connectivity index (χ1v) is 5.67. The van der Waals surface area contributed by atoms with E-state index >= 15 is 0 Å². The lowest BCUT2D eigenvalue weighted by Gasteiger charge is -2.20. The second kappa shape index (κ2) is 5.81. The van der Waals surface area contributed by atoms with Crippen LogP contribution in [0.3, 0.4) is 0 Å².